The van der Waals surface area contributed by atoms with Gasteiger partial charge in [-0.05, 0) is 43.5 Å². The molecule has 96 valence electrons. The molecule has 4 nitrogen and oxygen atoms in total. The normalized spacial score (nSPS) is 19.1. The molecule has 0 radical (unpaired) electrons. The molecule has 1 aromatic rings. The predicted octanol–water partition coefficient (Wildman–Crippen LogP) is 1.46. The SMILES string of the molecule is Cl.O=C1NC(=O)c2c1cccc2C1CCNCC1. The second kappa shape index (κ2) is 5.08. The summed E-state index contributed by atoms with van der Waals surface area (Å²) in [6.07, 6.45) is 2.05. The van der Waals surface area contributed by atoms with Gasteiger partial charge in [0.15, 0.2) is 0 Å². The predicted molar refractivity (Wildman–Crippen MR) is 70.3 cm³/mol. The molecule has 0 spiro atoms. The third-order valence-electron chi connectivity index (χ3n) is 3.57. The number of benzene rings is 1. The number of hydrogen-bond acceptors (Lipinski definition) is 3. The Labute approximate surface area is 112 Å². The van der Waals surface area contributed by atoms with Crippen LogP contribution in [0.1, 0.15) is 45.0 Å². The van der Waals surface area contributed by atoms with Crippen LogP contribution in [0.3, 0.4) is 0 Å². The molecule has 2 aliphatic rings. The van der Waals surface area contributed by atoms with Crippen LogP contribution >= 0.6 is 12.4 Å². The molecule has 1 fully saturated rings. The van der Waals surface area contributed by atoms with E-state index in [2.05, 4.69) is 10.6 Å². The maximum atomic E-state index is 11.8. The standard InChI is InChI=1S/C13H14N2O2.ClH/c16-12-10-3-1-2-9(11(10)13(17)15-12)8-4-6-14-7-5-8;/h1-3,8,14H,4-7H2,(H,15,16,17);1H. The van der Waals surface area contributed by atoms with Crippen LogP contribution in [-0.4, -0.2) is 24.9 Å². The molecule has 2 N–H and O–H groups in total. The van der Waals surface area contributed by atoms with Crippen molar-refractivity contribution in [1.29, 1.82) is 0 Å². The van der Waals surface area contributed by atoms with Crippen molar-refractivity contribution in [2.24, 2.45) is 0 Å². The number of nitrogens with one attached hydrogen (secondary N) is 2. The van der Waals surface area contributed by atoms with Crippen molar-refractivity contribution in [3.05, 3.63) is 34.9 Å². The Morgan fingerprint density at radius 1 is 1.06 bits per heavy atom. The number of rotatable bonds is 1. The van der Waals surface area contributed by atoms with Gasteiger partial charge in [-0.1, -0.05) is 12.1 Å². The quantitative estimate of drug-likeness (QED) is 0.757. The van der Waals surface area contributed by atoms with E-state index in [1.54, 1.807) is 6.07 Å². The van der Waals surface area contributed by atoms with E-state index in [0.717, 1.165) is 31.5 Å². The number of imide groups is 1. The Hall–Kier alpha value is -1.39. The molecule has 0 aliphatic carbocycles. The Kier molecular flexibility index (Phi) is 3.68. The number of amides is 2. The van der Waals surface area contributed by atoms with Gasteiger partial charge in [-0.3, -0.25) is 14.9 Å². The van der Waals surface area contributed by atoms with Crippen molar-refractivity contribution in [3.8, 4) is 0 Å². The van der Waals surface area contributed by atoms with E-state index in [1.165, 1.54) is 0 Å². The number of carbonyl (C=O) groups excluding carboxylic acids is 2. The van der Waals surface area contributed by atoms with E-state index in [0.29, 0.717) is 17.0 Å². The first-order chi connectivity index (χ1) is 8.27. The smallest absolute Gasteiger partial charge is 0.259 e. The van der Waals surface area contributed by atoms with E-state index in [1.807, 2.05) is 12.1 Å². The molecule has 0 aromatic heterocycles. The molecule has 2 aliphatic heterocycles. The van der Waals surface area contributed by atoms with E-state index >= 15 is 0 Å². The maximum Gasteiger partial charge on any atom is 0.259 e. The molecule has 0 bridgehead atoms. The molecule has 1 aromatic carbocycles. The van der Waals surface area contributed by atoms with Crippen LogP contribution in [0, 0.1) is 0 Å². The van der Waals surface area contributed by atoms with Crippen LogP contribution < -0.4 is 10.6 Å². The minimum atomic E-state index is -0.263. The largest absolute Gasteiger partial charge is 0.317 e. The molecule has 0 saturated carbocycles. The van der Waals surface area contributed by atoms with Gasteiger partial charge in [-0.2, -0.15) is 0 Å². The lowest BCUT2D eigenvalue weighted by atomic mass is 9.86. The summed E-state index contributed by atoms with van der Waals surface area (Å²) in [6, 6.07) is 5.57. The lowest BCUT2D eigenvalue weighted by molar-refractivity contribution is 0.0879. The van der Waals surface area contributed by atoms with Gasteiger partial charge in [0.25, 0.3) is 11.8 Å². The third-order valence-corrected chi connectivity index (χ3v) is 3.57. The fourth-order valence-electron chi connectivity index (χ4n) is 2.72. The summed E-state index contributed by atoms with van der Waals surface area (Å²) < 4.78 is 0. The Bertz CT molecular complexity index is 496. The summed E-state index contributed by atoms with van der Waals surface area (Å²) in [4.78, 5) is 23.4. The third kappa shape index (κ3) is 2.02. The molecule has 5 heteroatoms. The first-order valence-electron chi connectivity index (χ1n) is 5.96. The number of hydrogen-bond donors (Lipinski definition) is 2. The van der Waals surface area contributed by atoms with Crippen LogP contribution in [0.4, 0.5) is 0 Å². The zero-order valence-electron chi connectivity index (χ0n) is 9.86. The number of halogens is 1. The second-order valence-corrected chi connectivity index (χ2v) is 4.58. The van der Waals surface area contributed by atoms with Gasteiger partial charge in [0.1, 0.15) is 0 Å². The Morgan fingerprint density at radius 2 is 1.78 bits per heavy atom. The summed E-state index contributed by atoms with van der Waals surface area (Å²) in [6.45, 7) is 1.95. The molecule has 1 saturated heterocycles. The van der Waals surface area contributed by atoms with Crippen LogP contribution in [0.25, 0.3) is 0 Å². The minimum Gasteiger partial charge on any atom is -0.317 e. The van der Waals surface area contributed by atoms with Crippen molar-refractivity contribution in [3.63, 3.8) is 0 Å². The molecule has 2 heterocycles. The molecular formula is C13H15ClN2O2. The summed E-state index contributed by atoms with van der Waals surface area (Å²) in [5.41, 5.74) is 2.17. The fourth-order valence-corrected chi connectivity index (χ4v) is 2.72. The lowest BCUT2D eigenvalue weighted by Gasteiger charge is -2.24. The topological polar surface area (TPSA) is 58.2 Å². The van der Waals surface area contributed by atoms with Gasteiger partial charge in [-0.25, -0.2) is 0 Å². The lowest BCUT2D eigenvalue weighted by Crippen LogP contribution is -2.27. The highest BCUT2D eigenvalue weighted by molar-refractivity contribution is 6.22. The number of fused-ring (bicyclic) bond motifs is 1. The van der Waals surface area contributed by atoms with E-state index in [4.69, 9.17) is 0 Å². The van der Waals surface area contributed by atoms with Crippen LogP contribution in [0.2, 0.25) is 0 Å². The second-order valence-electron chi connectivity index (χ2n) is 4.58. The zero-order chi connectivity index (χ0) is 11.8. The molecule has 0 unspecified atom stereocenters. The van der Waals surface area contributed by atoms with Gasteiger partial charge in [0.2, 0.25) is 0 Å². The van der Waals surface area contributed by atoms with Gasteiger partial charge in [-0.15, -0.1) is 12.4 Å². The van der Waals surface area contributed by atoms with Crippen molar-refractivity contribution in [2.75, 3.05) is 13.1 Å². The van der Waals surface area contributed by atoms with Gasteiger partial charge in [0.05, 0.1) is 11.1 Å². The first kappa shape index (κ1) is 13.1. The molecule has 3 rings (SSSR count). The maximum absolute atomic E-state index is 11.8. The highest BCUT2D eigenvalue weighted by Gasteiger charge is 2.31. The molecule has 2 amide bonds. The van der Waals surface area contributed by atoms with Gasteiger partial charge < -0.3 is 5.32 Å². The highest BCUT2D eigenvalue weighted by Crippen LogP contribution is 2.31. The van der Waals surface area contributed by atoms with Crippen molar-refractivity contribution in [2.45, 2.75) is 18.8 Å². The van der Waals surface area contributed by atoms with Crippen molar-refractivity contribution >= 4 is 24.2 Å². The van der Waals surface area contributed by atoms with Crippen LogP contribution in [-0.2, 0) is 0 Å². The summed E-state index contributed by atoms with van der Waals surface area (Å²) >= 11 is 0. The van der Waals surface area contributed by atoms with Gasteiger partial charge in [0, 0.05) is 0 Å². The average Bonchev–Trinajstić information content (AvgIpc) is 2.66. The first-order valence-corrected chi connectivity index (χ1v) is 5.96. The monoisotopic (exact) mass is 266 g/mol. The van der Waals surface area contributed by atoms with Gasteiger partial charge >= 0.3 is 0 Å². The van der Waals surface area contributed by atoms with Crippen molar-refractivity contribution in [1.82, 2.24) is 10.6 Å². The Morgan fingerprint density at radius 3 is 2.50 bits per heavy atom. The highest BCUT2D eigenvalue weighted by atomic mass is 35.5. The minimum absolute atomic E-state index is 0. The molecule has 18 heavy (non-hydrogen) atoms. The summed E-state index contributed by atoms with van der Waals surface area (Å²) in [7, 11) is 0. The van der Waals surface area contributed by atoms with E-state index in [9.17, 15) is 9.59 Å². The molecule has 0 atom stereocenters. The Balaban J connectivity index is 0.00000120. The molecular weight excluding hydrogens is 252 g/mol. The average molecular weight is 267 g/mol. The fraction of sp³-hybridized carbons (Fsp3) is 0.385. The summed E-state index contributed by atoms with van der Waals surface area (Å²) in [5.74, 6) is -0.109. The van der Waals surface area contributed by atoms with Crippen LogP contribution in [0.5, 0.6) is 0 Å². The number of piperidine rings is 1. The van der Waals surface area contributed by atoms with Crippen LogP contribution in [0.15, 0.2) is 18.2 Å². The number of carbonyl (C=O) groups is 2. The van der Waals surface area contributed by atoms with Crippen molar-refractivity contribution < 1.29 is 9.59 Å². The zero-order valence-corrected chi connectivity index (χ0v) is 10.7. The summed E-state index contributed by atoms with van der Waals surface area (Å²) in [5, 5.41) is 5.67. The van der Waals surface area contributed by atoms with E-state index in [-0.39, 0.29) is 24.2 Å². The van der Waals surface area contributed by atoms with E-state index < -0.39 is 0 Å².